The van der Waals surface area contributed by atoms with Gasteiger partial charge in [-0.2, -0.15) is 0 Å². The van der Waals surface area contributed by atoms with Gasteiger partial charge in [0.2, 0.25) is 0 Å². The summed E-state index contributed by atoms with van der Waals surface area (Å²) in [5.41, 5.74) is 1.01. The monoisotopic (exact) mass is 192 g/mol. The van der Waals surface area contributed by atoms with Gasteiger partial charge in [-0.1, -0.05) is 0 Å². The number of hydrogen-bond acceptors (Lipinski definition) is 3. The number of rotatable bonds is 1. The van der Waals surface area contributed by atoms with Gasteiger partial charge in [0.05, 0.1) is 11.6 Å². The Kier molecular flexibility index (Phi) is 1.87. The Morgan fingerprint density at radius 2 is 2.21 bits per heavy atom. The second-order valence-corrected chi connectivity index (χ2v) is 4.57. The number of piperidine rings is 3. The lowest BCUT2D eigenvalue weighted by atomic mass is 9.79. The molecule has 1 aromatic heterocycles. The third-order valence-electron chi connectivity index (χ3n) is 3.61. The Balaban J connectivity index is 1.85. The van der Waals surface area contributed by atoms with Crippen molar-refractivity contribution in [1.82, 2.24) is 9.88 Å². The molecule has 2 bridgehead atoms. The summed E-state index contributed by atoms with van der Waals surface area (Å²) in [5, 5.41) is 0. The molecule has 3 fully saturated rings. The molecule has 0 amide bonds. The molecule has 0 spiro atoms. The smallest absolute Gasteiger partial charge is 0.198 e. The van der Waals surface area contributed by atoms with E-state index in [4.69, 9.17) is 4.42 Å². The minimum Gasteiger partial charge on any atom is -0.448 e. The second-order valence-electron chi connectivity index (χ2n) is 4.57. The Hall–Kier alpha value is -0.830. The van der Waals surface area contributed by atoms with Gasteiger partial charge in [-0.25, -0.2) is 4.98 Å². The highest BCUT2D eigenvalue weighted by Gasteiger charge is 2.37. The van der Waals surface area contributed by atoms with Gasteiger partial charge in [0.1, 0.15) is 6.26 Å². The highest BCUT2D eigenvalue weighted by molar-refractivity contribution is 5.05. The molecule has 3 nitrogen and oxygen atoms in total. The van der Waals surface area contributed by atoms with Crippen LogP contribution >= 0.6 is 0 Å². The third kappa shape index (κ3) is 1.27. The number of fused-ring (bicyclic) bond motifs is 3. The van der Waals surface area contributed by atoms with Crippen LogP contribution in [0.25, 0.3) is 0 Å². The van der Waals surface area contributed by atoms with Crippen LogP contribution in [0.15, 0.2) is 10.7 Å². The zero-order chi connectivity index (χ0) is 9.54. The molecule has 76 valence electrons. The van der Waals surface area contributed by atoms with Gasteiger partial charge >= 0.3 is 0 Å². The molecule has 3 saturated heterocycles. The normalized spacial score (nSPS) is 36.2. The van der Waals surface area contributed by atoms with Crippen LogP contribution < -0.4 is 0 Å². The Morgan fingerprint density at radius 3 is 2.71 bits per heavy atom. The first-order valence-corrected chi connectivity index (χ1v) is 5.47. The second kappa shape index (κ2) is 3.09. The van der Waals surface area contributed by atoms with E-state index in [1.807, 2.05) is 6.92 Å². The molecule has 0 saturated carbocycles. The quantitative estimate of drug-likeness (QED) is 0.679. The maximum absolute atomic E-state index is 5.52. The fourth-order valence-corrected chi connectivity index (χ4v) is 2.79. The van der Waals surface area contributed by atoms with E-state index in [9.17, 15) is 0 Å². The maximum atomic E-state index is 5.52. The average molecular weight is 192 g/mol. The molecular weight excluding hydrogens is 176 g/mol. The summed E-state index contributed by atoms with van der Waals surface area (Å²) >= 11 is 0. The Morgan fingerprint density at radius 1 is 1.43 bits per heavy atom. The molecule has 3 heteroatoms. The van der Waals surface area contributed by atoms with Crippen molar-refractivity contribution in [2.45, 2.75) is 25.7 Å². The standard InChI is InChI=1S/C11H16N2O/c1-8-7-14-11(12-8)10-6-13-4-2-9(10)3-5-13/h7,9-10H,2-6H2,1H3/t10-/m1/s1. The summed E-state index contributed by atoms with van der Waals surface area (Å²) in [6.45, 7) is 5.71. The van der Waals surface area contributed by atoms with Gasteiger partial charge in [-0.05, 0) is 38.8 Å². The summed E-state index contributed by atoms with van der Waals surface area (Å²) in [6.07, 6.45) is 4.42. The summed E-state index contributed by atoms with van der Waals surface area (Å²) in [5.74, 6) is 2.35. The van der Waals surface area contributed by atoms with Crippen LogP contribution in [-0.4, -0.2) is 29.5 Å². The zero-order valence-electron chi connectivity index (χ0n) is 8.57. The van der Waals surface area contributed by atoms with E-state index in [1.165, 1.54) is 25.9 Å². The first-order valence-electron chi connectivity index (χ1n) is 5.47. The van der Waals surface area contributed by atoms with Crippen molar-refractivity contribution in [1.29, 1.82) is 0 Å². The van der Waals surface area contributed by atoms with E-state index in [0.29, 0.717) is 5.92 Å². The van der Waals surface area contributed by atoms with Crippen LogP contribution in [0, 0.1) is 12.8 Å². The molecular formula is C11H16N2O. The minimum absolute atomic E-state index is 0.561. The van der Waals surface area contributed by atoms with Crippen molar-refractivity contribution in [2.75, 3.05) is 19.6 Å². The van der Waals surface area contributed by atoms with Crippen LogP contribution in [0.2, 0.25) is 0 Å². The van der Waals surface area contributed by atoms with Crippen molar-refractivity contribution >= 4 is 0 Å². The van der Waals surface area contributed by atoms with E-state index >= 15 is 0 Å². The van der Waals surface area contributed by atoms with Gasteiger partial charge in [-0.15, -0.1) is 0 Å². The lowest BCUT2D eigenvalue weighted by Crippen LogP contribution is -2.46. The van der Waals surface area contributed by atoms with Crippen molar-refractivity contribution in [3.63, 3.8) is 0 Å². The van der Waals surface area contributed by atoms with E-state index in [1.54, 1.807) is 6.26 Å². The van der Waals surface area contributed by atoms with E-state index in [-0.39, 0.29) is 0 Å². The highest BCUT2D eigenvalue weighted by atomic mass is 16.3. The first kappa shape index (κ1) is 8.48. The van der Waals surface area contributed by atoms with Crippen LogP contribution in [0.3, 0.4) is 0 Å². The number of aromatic nitrogens is 1. The zero-order valence-corrected chi connectivity index (χ0v) is 8.57. The molecule has 0 radical (unpaired) electrons. The van der Waals surface area contributed by atoms with Crippen molar-refractivity contribution in [3.05, 3.63) is 17.8 Å². The van der Waals surface area contributed by atoms with Crippen molar-refractivity contribution in [3.8, 4) is 0 Å². The average Bonchev–Trinajstić information content (AvgIpc) is 2.66. The lowest BCUT2D eigenvalue weighted by molar-refractivity contribution is 0.0756. The van der Waals surface area contributed by atoms with Crippen LogP contribution in [0.5, 0.6) is 0 Å². The molecule has 0 unspecified atom stereocenters. The number of nitrogens with zero attached hydrogens (tertiary/aromatic N) is 2. The van der Waals surface area contributed by atoms with Crippen molar-refractivity contribution < 1.29 is 4.42 Å². The molecule has 0 N–H and O–H groups in total. The molecule has 1 atom stereocenters. The van der Waals surface area contributed by atoms with E-state index in [0.717, 1.165) is 24.0 Å². The molecule has 4 heterocycles. The van der Waals surface area contributed by atoms with Crippen LogP contribution in [0.1, 0.15) is 30.3 Å². The van der Waals surface area contributed by atoms with Gasteiger partial charge < -0.3 is 9.32 Å². The van der Waals surface area contributed by atoms with Crippen LogP contribution in [-0.2, 0) is 0 Å². The fourth-order valence-electron chi connectivity index (χ4n) is 2.79. The van der Waals surface area contributed by atoms with Gasteiger partial charge in [-0.3, -0.25) is 0 Å². The minimum atomic E-state index is 0.561. The summed E-state index contributed by atoms with van der Waals surface area (Å²) in [6, 6.07) is 0. The van der Waals surface area contributed by atoms with E-state index < -0.39 is 0 Å². The number of hydrogen-bond donors (Lipinski definition) is 0. The summed E-state index contributed by atoms with van der Waals surface area (Å²) in [7, 11) is 0. The van der Waals surface area contributed by atoms with Crippen molar-refractivity contribution in [2.24, 2.45) is 5.92 Å². The molecule has 3 aliphatic rings. The van der Waals surface area contributed by atoms with E-state index in [2.05, 4.69) is 9.88 Å². The van der Waals surface area contributed by atoms with Crippen LogP contribution in [0.4, 0.5) is 0 Å². The summed E-state index contributed by atoms with van der Waals surface area (Å²) in [4.78, 5) is 6.99. The predicted octanol–water partition coefficient (Wildman–Crippen LogP) is 1.79. The summed E-state index contributed by atoms with van der Waals surface area (Å²) < 4.78 is 5.52. The number of oxazole rings is 1. The predicted molar refractivity (Wildman–Crippen MR) is 53.1 cm³/mol. The molecule has 0 aromatic carbocycles. The maximum Gasteiger partial charge on any atom is 0.198 e. The topological polar surface area (TPSA) is 29.3 Å². The molecule has 1 aromatic rings. The fraction of sp³-hybridized carbons (Fsp3) is 0.727. The molecule has 3 aliphatic heterocycles. The highest BCUT2D eigenvalue weighted by Crippen LogP contribution is 2.38. The Bertz CT molecular complexity index is 326. The third-order valence-corrected chi connectivity index (χ3v) is 3.61. The lowest BCUT2D eigenvalue weighted by Gasteiger charge is -2.43. The molecule has 0 aliphatic carbocycles. The van der Waals surface area contributed by atoms with Gasteiger partial charge in [0.15, 0.2) is 5.89 Å². The van der Waals surface area contributed by atoms with Gasteiger partial charge in [0, 0.05) is 6.54 Å². The van der Waals surface area contributed by atoms with Gasteiger partial charge in [0.25, 0.3) is 0 Å². The molecule has 4 rings (SSSR count). The SMILES string of the molecule is Cc1coc([C@@H]2CN3CCC2CC3)n1. The Labute approximate surface area is 84.1 Å². The first-order chi connectivity index (χ1) is 6.83. The largest absolute Gasteiger partial charge is 0.448 e. The number of aryl methyl sites for hydroxylation is 1. The molecule has 14 heavy (non-hydrogen) atoms.